The first-order valence-corrected chi connectivity index (χ1v) is 11.2. The van der Waals surface area contributed by atoms with Crippen LogP contribution in [-0.2, 0) is 20.7 Å². The molecule has 1 saturated heterocycles. The average Bonchev–Trinajstić information content (AvgIpc) is 3.30. The Morgan fingerprint density at radius 1 is 1.21 bits per heavy atom. The number of hydrogen-bond acceptors (Lipinski definition) is 6. The van der Waals surface area contributed by atoms with Gasteiger partial charge < -0.3 is 24.2 Å². The summed E-state index contributed by atoms with van der Waals surface area (Å²) in [6.07, 6.45) is 1.35. The van der Waals surface area contributed by atoms with Crippen molar-refractivity contribution in [3.63, 3.8) is 0 Å². The van der Waals surface area contributed by atoms with Crippen LogP contribution in [0.2, 0.25) is 0 Å². The normalized spacial score (nSPS) is 21.2. The van der Waals surface area contributed by atoms with Crippen LogP contribution >= 0.6 is 0 Å². The lowest BCUT2D eigenvalue weighted by atomic mass is 9.94. The number of ketones is 1. The van der Waals surface area contributed by atoms with Crippen molar-refractivity contribution in [2.24, 2.45) is 0 Å². The van der Waals surface area contributed by atoms with Gasteiger partial charge in [-0.05, 0) is 61.7 Å². The number of rotatable bonds is 8. The van der Waals surface area contributed by atoms with Crippen LogP contribution in [0.5, 0.6) is 11.5 Å². The first-order chi connectivity index (χ1) is 15.9. The number of amides is 1. The topological polar surface area (TPSA) is 85.3 Å². The Hall–Kier alpha value is -3.32. The number of Topliss-reactive ketones (excluding diaryl/α,β-unsaturated/α-hetero) is 1. The van der Waals surface area contributed by atoms with E-state index in [0.29, 0.717) is 43.1 Å². The SMILES string of the molecule is CCOc1cccc([C@@H]2/C(=C(\O)c3ccc4c(c3)C[C@H](C)O4)C(=O)C(=O)N2CCCOC)c1. The number of methoxy groups -OCH3 is 1. The minimum absolute atomic E-state index is 0.0602. The summed E-state index contributed by atoms with van der Waals surface area (Å²) in [4.78, 5) is 27.7. The minimum atomic E-state index is -0.717. The molecule has 2 heterocycles. The van der Waals surface area contributed by atoms with Gasteiger partial charge in [0.15, 0.2) is 0 Å². The molecule has 7 nitrogen and oxygen atoms in total. The predicted molar refractivity (Wildman–Crippen MR) is 123 cm³/mol. The van der Waals surface area contributed by atoms with Crippen molar-refractivity contribution >= 4 is 17.4 Å². The quantitative estimate of drug-likeness (QED) is 0.284. The van der Waals surface area contributed by atoms with E-state index in [1.54, 1.807) is 19.2 Å². The molecule has 0 bridgehead atoms. The molecule has 1 N–H and O–H groups in total. The molecule has 2 aliphatic rings. The summed E-state index contributed by atoms with van der Waals surface area (Å²) in [5.41, 5.74) is 2.25. The molecule has 2 aromatic carbocycles. The molecule has 2 atom stereocenters. The standard InChI is InChI=1S/C26H29NO6/c1-4-32-20-8-5-7-17(15-20)23-22(25(29)26(30)27(23)11-6-12-31-3)24(28)18-9-10-21-19(14-18)13-16(2)33-21/h5,7-10,14-16,23,28H,4,6,11-13H2,1-3H3/b24-22+/t16-,23+/m0/s1. The number of likely N-dealkylation sites (tertiary alicyclic amines) is 1. The predicted octanol–water partition coefficient (Wildman–Crippen LogP) is 3.87. The van der Waals surface area contributed by atoms with E-state index in [0.717, 1.165) is 17.7 Å². The van der Waals surface area contributed by atoms with Crippen LogP contribution in [0, 0.1) is 0 Å². The number of nitrogens with zero attached hydrogens (tertiary/aromatic N) is 1. The van der Waals surface area contributed by atoms with Gasteiger partial charge in [0.25, 0.3) is 11.7 Å². The molecule has 0 aromatic heterocycles. The lowest BCUT2D eigenvalue weighted by Gasteiger charge is -2.25. The van der Waals surface area contributed by atoms with E-state index in [4.69, 9.17) is 14.2 Å². The summed E-state index contributed by atoms with van der Waals surface area (Å²) in [5.74, 6) is -0.0858. The third-order valence-electron chi connectivity index (χ3n) is 5.94. The lowest BCUT2D eigenvalue weighted by Crippen LogP contribution is -2.31. The van der Waals surface area contributed by atoms with Crippen LogP contribution < -0.4 is 9.47 Å². The van der Waals surface area contributed by atoms with Crippen molar-refractivity contribution < 1.29 is 28.9 Å². The molecule has 0 spiro atoms. The Kier molecular flexibility index (Phi) is 6.70. The highest BCUT2D eigenvalue weighted by atomic mass is 16.5. The highest BCUT2D eigenvalue weighted by Crippen LogP contribution is 2.41. The van der Waals surface area contributed by atoms with E-state index < -0.39 is 17.7 Å². The van der Waals surface area contributed by atoms with Crippen LogP contribution in [-0.4, -0.2) is 54.7 Å². The van der Waals surface area contributed by atoms with Crippen molar-refractivity contribution in [1.29, 1.82) is 0 Å². The summed E-state index contributed by atoms with van der Waals surface area (Å²) < 4.78 is 16.5. The third-order valence-corrected chi connectivity index (χ3v) is 5.94. The van der Waals surface area contributed by atoms with Gasteiger partial charge in [-0.15, -0.1) is 0 Å². The minimum Gasteiger partial charge on any atom is -0.507 e. The van der Waals surface area contributed by atoms with E-state index >= 15 is 0 Å². The number of aliphatic hydroxyl groups is 1. The van der Waals surface area contributed by atoms with E-state index in [1.807, 2.05) is 44.2 Å². The maximum absolute atomic E-state index is 13.1. The van der Waals surface area contributed by atoms with Gasteiger partial charge in [-0.3, -0.25) is 9.59 Å². The summed E-state index contributed by atoms with van der Waals surface area (Å²) in [6, 6.07) is 11.9. The van der Waals surface area contributed by atoms with Crippen LogP contribution in [0.4, 0.5) is 0 Å². The lowest BCUT2D eigenvalue weighted by molar-refractivity contribution is -0.140. The van der Waals surface area contributed by atoms with E-state index in [9.17, 15) is 14.7 Å². The molecule has 0 unspecified atom stereocenters. The molecule has 7 heteroatoms. The van der Waals surface area contributed by atoms with Gasteiger partial charge in [0, 0.05) is 32.2 Å². The molecule has 33 heavy (non-hydrogen) atoms. The monoisotopic (exact) mass is 451 g/mol. The van der Waals surface area contributed by atoms with Crippen LogP contribution in [0.15, 0.2) is 48.0 Å². The van der Waals surface area contributed by atoms with Crippen LogP contribution in [0.1, 0.15) is 43.0 Å². The van der Waals surface area contributed by atoms with E-state index in [2.05, 4.69) is 0 Å². The van der Waals surface area contributed by atoms with Gasteiger partial charge in [0.1, 0.15) is 23.4 Å². The zero-order chi connectivity index (χ0) is 23.5. The first-order valence-electron chi connectivity index (χ1n) is 11.2. The fourth-order valence-corrected chi connectivity index (χ4v) is 4.50. The third kappa shape index (κ3) is 4.46. The molecular formula is C26H29NO6. The number of benzene rings is 2. The van der Waals surface area contributed by atoms with Crippen molar-refractivity contribution in [2.75, 3.05) is 26.9 Å². The highest BCUT2D eigenvalue weighted by Gasteiger charge is 2.46. The van der Waals surface area contributed by atoms with Crippen LogP contribution in [0.25, 0.3) is 5.76 Å². The largest absolute Gasteiger partial charge is 0.507 e. The summed E-state index contributed by atoms with van der Waals surface area (Å²) in [5, 5.41) is 11.3. The second kappa shape index (κ2) is 9.67. The molecule has 174 valence electrons. The fraction of sp³-hybridized carbons (Fsp3) is 0.385. The maximum Gasteiger partial charge on any atom is 0.295 e. The summed E-state index contributed by atoms with van der Waals surface area (Å²) in [6.45, 7) is 5.15. The Morgan fingerprint density at radius 3 is 2.79 bits per heavy atom. The smallest absolute Gasteiger partial charge is 0.295 e. The Bertz CT molecular complexity index is 1090. The number of ether oxygens (including phenoxy) is 3. The Balaban J connectivity index is 1.80. The Morgan fingerprint density at radius 2 is 2.03 bits per heavy atom. The van der Waals surface area contributed by atoms with Crippen LogP contribution in [0.3, 0.4) is 0 Å². The number of carbonyl (C=O) groups excluding carboxylic acids is 2. The fourth-order valence-electron chi connectivity index (χ4n) is 4.50. The van der Waals surface area contributed by atoms with Crippen molar-refractivity contribution in [3.05, 3.63) is 64.7 Å². The molecule has 2 aliphatic heterocycles. The second-order valence-corrected chi connectivity index (χ2v) is 8.30. The first kappa shape index (κ1) is 22.9. The average molecular weight is 452 g/mol. The maximum atomic E-state index is 13.1. The molecule has 2 aromatic rings. The van der Waals surface area contributed by atoms with Crippen molar-refractivity contribution in [1.82, 2.24) is 4.90 Å². The van der Waals surface area contributed by atoms with Crippen molar-refractivity contribution in [3.8, 4) is 11.5 Å². The number of fused-ring (bicyclic) bond motifs is 1. The number of aliphatic hydroxyl groups excluding tert-OH is 1. The van der Waals surface area contributed by atoms with E-state index in [-0.39, 0.29) is 17.4 Å². The molecule has 0 radical (unpaired) electrons. The Labute approximate surface area is 193 Å². The number of carbonyl (C=O) groups is 2. The molecular weight excluding hydrogens is 422 g/mol. The summed E-state index contributed by atoms with van der Waals surface area (Å²) in [7, 11) is 1.59. The molecule has 1 amide bonds. The van der Waals surface area contributed by atoms with Gasteiger partial charge in [0.2, 0.25) is 0 Å². The van der Waals surface area contributed by atoms with Crippen molar-refractivity contribution in [2.45, 2.75) is 38.8 Å². The van der Waals surface area contributed by atoms with Gasteiger partial charge in [-0.25, -0.2) is 0 Å². The molecule has 0 saturated carbocycles. The molecule has 0 aliphatic carbocycles. The highest BCUT2D eigenvalue weighted by molar-refractivity contribution is 6.46. The van der Waals surface area contributed by atoms with Gasteiger partial charge in [0.05, 0.1) is 18.2 Å². The second-order valence-electron chi connectivity index (χ2n) is 8.30. The summed E-state index contributed by atoms with van der Waals surface area (Å²) >= 11 is 0. The zero-order valence-electron chi connectivity index (χ0n) is 19.2. The number of hydrogen-bond donors (Lipinski definition) is 1. The van der Waals surface area contributed by atoms with Gasteiger partial charge in [-0.2, -0.15) is 0 Å². The van der Waals surface area contributed by atoms with Gasteiger partial charge >= 0.3 is 0 Å². The van der Waals surface area contributed by atoms with E-state index in [1.165, 1.54) is 4.90 Å². The molecule has 4 rings (SSSR count). The van der Waals surface area contributed by atoms with Gasteiger partial charge in [-0.1, -0.05) is 12.1 Å². The molecule has 1 fully saturated rings. The zero-order valence-corrected chi connectivity index (χ0v) is 19.2.